The predicted octanol–water partition coefficient (Wildman–Crippen LogP) is 3.22. The first-order valence-corrected chi connectivity index (χ1v) is 8.09. The number of ether oxygens (including phenoxy) is 1. The second kappa shape index (κ2) is 9.68. The number of esters is 1. The molecule has 108 valence electrons. The monoisotopic (exact) mass is 275 g/mol. The lowest BCUT2D eigenvalue weighted by Gasteiger charge is -2.21. The van der Waals surface area contributed by atoms with Gasteiger partial charge in [-0.2, -0.15) is 11.8 Å². The van der Waals surface area contributed by atoms with Crippen molar-refractivity contribution in [2.75, 3.05) is 18.1 Å². The highest BCUT2D eigenvalue weighted by Crippen LogP contribution is 2.16. The lowest BCUT2D eigenvalue weighted by molar-refractivity contribution is -0.149. The average Bonchev–Trinajstić information content (AvgIpc) is 2.27. The molecule has 0 aliphatic carbocycles. The molecule has 0 heterocycles. The number of carbonyl (C=O) groups excluding carboxylic acids is 1. The molecule has 0 aliphatic heterocycles. The van der Waals surface area contributed by atoms with Gasteiger partial charge in [0.15, 0.2) is 0 Å². The third-order valence-corrected chi connectivity index (χ3v) is 3.92. The number of rotatable bonds is 10. The molecule has 0 fully saturated rings. The first-order valence-electron chi connectivity index (χ1n) is 6.94. The first kappa shape index (κ1) is 17.8. The van der Waals surface area contributed by atoms with Gasteiger partial charge in [0.25, 0.3) is 0 Å². The number of hydrogen-bond donors (Lipinski definition) is 1. The molecule has 0 saturated heterocycles. The summed E-state index contributed by atoms with van der Waals surface area (Å²) in [7, 11) is 0. The van der Waals surface area contributed by atoms with Gasteiger partial charge < -0.3 is 10.5 Å². The highest BCUT2D eigenvalue weighted by atomic mass is 32.2. The first-order chi connectivity index (χ1) is 8.40. The highest BCUT2D eigenvalue weighted by Gasteiger charge is 2.28. The van der Waals surface area contributed by atoms with Crippen molar-refractivity contribution in [1.29, 1.82) is 0 Å². The van der Waals surface area contributed by atoms with Crippen molar-refractivity contribution in [2.45, 2.75) is 58.9 Å². The van der Waals surface area contributed by atoms with Crippen LogP contribution in [0.25, 0.3) is 0 Å². The van der Waals surface area contributed by atoms with Crippen molar-refractivity contribution < 1.29 is 9.53 Å². The number of unbranched alkanes of at least 4 members (excludes halogenated alkanes) is 1. The molecule has 0 aromatic rings. The maximum absolute atomic E-state index is 11.6. The zero-order valence-electron chi connectivity index (χ0n) is 12.3. The number of thioether (sulfide) groups is 1. The normalized spacial score (nSPS) is 14.6. The van der Waals surface area contributed by atoms with E-state index in [1.165, 1.54) is 12.2 Å². The molecule has 1 atom stereocenters. The van der Waals surface area contributed by atoms with Crippen LogP contribution in [0, 0.1) is 5.92 Å². The molecule has 4 heteroatoms. The van der Waals surface area contributed by atoms with Gasteiger partial charge >= 0.3 is 5.97 Å². The third-order valence-electron chi connectivity index (χ3n) is 2.82. The van der Waals surface area contributed by atoms with Crippen LogP contribution in [0.3, 0.4) is 0 Å². The molecule has 0 spiro atoms. The largest absolute Gasteiger partial charge is 0.465 e. The molecule has 1 unspecified atom stereocenters. The summed E-state index contributed by atoms with van der Waals surface area (Å²) in [6.45, 7) is 8.46. The fraction of sp³-hybridized carbons (Fsp3) is 0.929. The molecule has 0 rings (SSSR count). The van der Waals surface area contributed by atoms with Crippen molar-refractivity contribution in [2.24, 2.45) is 11.7 Å². The van der Waals surface area contributed by atoms with Gasteiger partial charge in [-0.15, -0.1) is 0 Å². The van der Waals surface area contributed by atoms with E-state index >= 15 is 0 Å². The molecule has 0 amide bonds. The molecular formula is C14H29NO2S. The Balaban J connectivity index is 3.55. The Morgan fingerprint density at radius 1 is 1.33 bits per heavy atom. The molecule has 0 bridgehead atoms. The van der Waals surface area contributed by atoms with E-state index in [0.717, 1.165) is 24.5 Å². The van der Waals surface area contributed by atoms with Gasteiger partial charge in [-0.25, -0.2) is 0 Å². The van der Waals surface area contributed by atoms with Gasteiger partial charge in [0.2, 0.25) is 0 Å². The minimum Gasteiger partial charge on any atom is -0.465 e. The Labute approximate surface area is 116 Å². The fourth-order valence-electron chi connectivity index (χ4n) is 1.52. The Kier molecular flexibility index (Phi) is 9.56. The van der Waals surface area contributed by atoms with E-state index in [0.29, 0.717) is 13.0 Å². The van der Waals surface area contributed by atoms with Crippen LogP contribution < -0.4 is 5.73 Å². The van der Waals surface area contributed by atoms with Gasteiger partial charge in [-0.1, -0.05) is 20.3 Å². The second-order valence-electron chi connectivity index (χ2n) is 5.39. The van der Waals surface area contributed by atoms with Gasteiger partial charge in [0.05, 0.1) is 6.61 Å². The lowest BCUT2D eigenvalue weighted by Crippen LogP contribution is -2.46. The molecule has 0 aromatic carbocycles. The predicted molar refractivity (Wildman–Crippen MR) is 79.9 cm³/mol. The van der Waals surface area contributed by atoms with Gasteiger partial charge in [0.1, 0.15) is 5.54 Å². The summed E-state index contributed by atoms with van der Waals surface area (Å²) in [5, 5.41) is 0. The summed E-state index contributed by atoms with van der Waals surface area (Å²) in [5.41, 5.74) is 5.12. The molecule has 18 heavy (non-hydrogen) atoms. The summed E-state index contributed by atoms with van der Waals surface area (Å²) in [6, 6.07) is 0. The van der Waals surface area contributed by atoms with E-state index in [1.807, 2.05) is 11.8 Å². The van der Waals surface area contributed by atoms with Gasteiger partial charge in [-0.05, 0) is 50.5 Å². The standard InChI is InChI=1S/C14H29NO2S/c1-5-17-13(16)14(4,15)9-6-7-10-18-11-8-12(2)3/h12H,5-11,15H2,1-4H3. The number of hydrogen-bond acceptors (Lipinski definition) is 4. The molecule has 3 nitrogen and oxygen atoms in total. The fourth-order valence-corrected chi connectivity index (χ4v) is 2.77. The number of carbonyl (C=O) groups is 1. The quantitative estimate of drug-likeness (QED) is 0.491. The SMILES string of the molecule is CCOC(=O)C(C)(N)CCCCSCCC(C)C. The average molecular weight is 275 g/mol. The minimum atomic E-state index is -0.821. The Bertz CT molecular complexity index is 230. The van der Waals surface area contributed by atoms with Crippen LogP contribution in [-0.2, 0) is 9.53 Å². The smallest absolute Gasteiger partial charge is 0.325 e. The van der Waals surface area contributed by atoms with E-state index < -0.39 is 5.54 Å². The van der Waals surface area contributed by atoms with E-state index in [1.54, 1.807) is 13.8 Å². The molecular weight excluding hydrogens is 246 g/mol. The summed E-state index contributed by atoms with van der Waals surface area (Å²) < 4.78 is 4.96. The zero-order chi connectivity index (χ0) is 14.0. The van der Waals surface area contributed by atoms with E-state index in [2.05, 4.69) is 13.8 Å². The maximum Gasteiger partial charge on any atom is 0.325 e. The topological polar surface area (TPSA) is 52.3 Å². The van der Waals surface area contributed by atoms with E-state index in [9.17, 15) is 4.79 Å². The van der Waals surface area contributed by atoms with Crippen LogP contribution in [0.4, 0.5) is 0 Å². The van der Waals surface area contributed by atoms with Crippen molar-refractivity contribution in [3.63, 3.8) is 0 Å². The Hall–Kier alpha value is -0.220. The Morgan fingerprint density at radius 2 is 2.00 bits per heavy atom. The number of nitrogens with two attached hydrogens (primary N) is 1. The van der Waals surface area contributed by atoms with Crippen molar-refractivity contribution in [3.8, 4) is 0 Å². The van der Waals surface area contributed by atoms with Crippen molar-refractivity contribution in [1.82, 2.24) is 0 Å². The minimum absolute atomic E-state index is 0.280. The summed E-state index contributed by atoms with van der Waals surface area (Å²) in [5.74, 6) is 2.90. The Morgan fingerprint density at radius 3 is 2.56 bits per heavy atom. The van der Waals surface area contributed by atoms with Gasteiger partial charge in [-0.3, -0.25) is 4.79 Å². The lowest BCUT2D eigenvalue weighted by atomic mass is 9.96. The van der Waals surface area contributed by atoms with Crippen LogP contribution in [0.15, 0.2) is 0 Å². The molecule has 0 aromatic heterocycles. The summed E-state index contributed by atoms with van der Waals surface area (Å²) >= 11 is 1.99. The summed E-state index contributed by atoms with van der Waals surface area (Å²) in [4.78, 5) is 11.6. The molecule has 0 aliphatic rings. The molecule has 2 N–H and O–H groups in total. The van der Waals surface area contributed by atoms with Crippen LogP contribution in [0.5, 0.6) is 0 Å². The molecule has 0 saturated carbocycles. The van der Waals surface area contributed by atoms with Crippen LogP contribution in [-0.4, -0.2) is 29.6 Å². The van der Waals surface area contributed by atoms with Crippen LogP contribution in [0.1, 0.15) is 53.4 Å². The highest BCUT2D eigenvalue weighted by molar-refractivity contribution is 7.99. The van der Waals surface area contributed by atoms with Crippen molar-refractivity contribution >= 4 is 17.7 Å². The zero-order valence-corrected chi connectivity index (χ0v) is 13.1. The van der Waals surface area contributed by atoms with Crippen LogP contribution >= 0.6 is 11.8 Å². The van der Waals surface area contributed by atoms with Gasteiger partial charge in [0, 0.05) is 0 Å². The second-order valence-corrected chi connectivity index (χ2v) is 6.61. The molecule has 0 radical (unpaired) electrons. The maximum atomic E-state index is 11.6. The third kappa shape index (κ3) is 8.81. The van der Waals surface area contributed by atoms with E-state index in [-0.39, 0.29) is 5.97 Å². The van der Waals surface area contributed by atoms with Crippen molar-refractivity contribution in [3.05, 3.63) is 0 Å². The van der Waals surface area contributed by atoms with Crippen LogP contribution in [0.2, 0.25) is 0 Å². The summed E-state index contributed by atoms with van der Waals surface area (Å²) in [6.07, 6.45) is 4.09. The van der Waals surface area contributed by atoms with E-state index in [4.69, 9.17) is 10.5 Å².